The molecule has 32 heavy (non-hydrogen) atoms. The van der Waals surface area contributed by atoms with Gasteiger partial charge in [0, 0.05) is 5.92 Å². The van der Waals surface area contributed by atoms with E-state index < -0.39 is 0 Å². The number of aryl methyl sites for hydroxylation is 2. The first-order valence-corrected chi connectivity index (χ1v) is 14.4. The molecule has 0 radical (unpaired) electrons. The van der Waals surface area contributed by atoms with Gasteiger partial charge in [-0.3, -0.25) is 0 Å². The highest BCUT2D eigenvalue weighted by atomic mass is 31.0. The molecule has 2 rings (SSSR count). The smallest absolute Gasteiger partial charge is 0.00981 e. The monoisotopic (exact) mass is 452 g/mol. The van der Waals surface area contributed by atoms with E-state index in [-0.39, 0.29) is 0 Å². The Kier molecular flexibility index (Phi) is 13.3. The van der Waals surface area contributed by atoms with Gasteiger partial charge in [0.05, 0.1) is 0 Å². The third-order valence-electron chi connectivity index (χ3n) is 6.98. The Bertz CT molecular complexity index is 713. The lowest BCUT2D eigenvalue weighted by atomic mass is 9.78. The maximum atomic E-state index is 3.01. The Morgan fingerprint density at radius 3 is 1.38 bits per heavy atom. The second-order valence-corrected chi connectivity index (χ2v) is 10.1. The molecule has 2 aromatic rings. The first-order chi connectivity index (χ1) is 15.7. The molecular weight excluding hydrogens is 403 g/mol. The van der Waals surface area contributed by atoms with E-state index in [1.54, 1.807) is 33.4 Å². The van der Waals surface area contributed by atoms with Crippen LogP contribution < -0.4 is 0 Å². The van der Waals surface area contributed by atoms with Crippen molar-refractivity contribution in [2.75, 3.05) is 6.16 Å². The minimum Gasteiger partial charge on any atom is -0.138 e. The molecular formula is C31H49P. The predicted octanol–water partition coefficient (Wildman–Crippen LogP) is 9.45. The number of hydrogen-bond acceptors (Lipinski definition) is 0. The highest BCUT2D eigenvalue weighted by Crippen LogP contribution is 2.37. The summed E-state index contributed by atoms with van der Waals surface area (Å²) in [5.74, 6) is 0.523. The Morgan fingerprint density at radius 2 is 1.00 bits per heavy atom. The van der Waals surface area contributed by atoms with Gasteiger partial charge in [-0.1, -0.05) is 89.8 Å². The highest BCUT2D eigenvalue weighted by Gasteiger charge is 2.22. The van der Waals surface area contributed by atoms with Crippen LogP contribution in [0.3, 0.4) is 0 Å². The van der Waals surface area contributed by atoms with Crippen LogP contribution in [0.1, 0.15) is 125 Å². The van der Waals surface area contributed by atoms with Crippen molar-refractivity contribution in [2.45, 2.75) is 117 Å². The fourth-order valence-corrected chi connectivity index (χ4v) is 5.46. The summed E-state index contributed by atoms with van der Waals surface area (Å²) in [5.41, 5.74) is 9.82. The summed E-state index contributed by atoms with van der Waals surface area (Å²) in [6, 6.07) is 14.5. The Balaban J connectivity index is 2.60. The van der Waals surface area contributed by atoms with Crippen molar-refractivity contribution in [3.63, 3.8) is 0 Å². The van der Waals surface area contributed by atoms with E-state index in [1.165, 1.54) is 83.5 Å². The highest BCUT2D eigenvalue weighted by molar-refractivity contribution is 7.16. The van der Waals surface area contributed by atoms with E-state index in [4.69, 9.17) is 0 Å². The summed E-state index contributed by atoms with van der Waals surface area (Å²) in [7, 11) is 3.01. The molecule has 178 valence electrons. The molecule has 1 unspecified atom stereocenters. The molecule has 2 aromatic carbocycles. The third kappa shape index (κ3) is 7.73. The average Bonchev–Trinajstić information content (AvgIpc) is 2.82. The maximum Gasteiger partial charge on any atom is 0.00981 e. The molecule has 0 amide bonds. The molecule has 0 saturated heterocycles. The Hall–Kier alpha value is -1.13. The Morgan fingerprint density at radius 1 is 0.594 bits per heavy atom. The normalized spacial score (nSPS) is 11.4. The van der Waals surface area contributed by atoms with Crippen LogP contribution in [0.25, 0.3) is 0 Å². The molecule has 0 heterocycles. The van der Waals surface area contributed by atoms with Gasteiger partial charge in [0.15, 0.2) is 0 Å². The number of benzene rings is 2. The number of rotatable bonds is 16. The molecule has 1 heteroatoms. The van der Waals surface area contributed by atoms with E-state index >= 15 is 0 Å². The summed E-state index contributed by atoms with van der Waals surface area (Å²) in [4.78, 5) is 0. The van der Waals surface area contributed by atoms with Crippen LogP contribution in [0.2, 0.25) is 0 Å². The summed E-state index contributed by atoms with van der Waals surface area (Å²) >= 11 is 0. The SMILES string of the molecule is CCCCc1cccc(C(CCP)c2cccc(CCCC)c2CCCC)c1CCCC. The van der Waals surface area contributed by atoms with Crippen molar-refractivity contribution in [1.29, 1.82) is 0 Å². The largest absolute Gasteiger partial charge is 0.138 e. The van der Waals surface area contributed by atoms with Crippen molar-refractivity contribution >= 4 is 9.24 Å². The molecule has 1 atom stereocenters. The standard InChI is InChI=1S/C31H49P/c1-5-9-15-25-17-13-21-29(27(25)19-11-7-3)31(23-24-32)30-22-14-18-26(16-10-6-2)28(30)20-12-8-4/h13-14,17-18,21-22,31H,5-12,15-16,19-20,23-24,32H2,1-4H3. The second kappa shape index (κ2) is 15.7. The quantitative estimate of drug-likeness (QED) is 0.222. The minimum atomic E-state index is 0.523. The first-order valence-electron chi connectivity index (χ1n) is 13.6. The molecule has 0 aliphatic carbocycles. The molecule has 0 aromatic heterocycles. The van der Waals surface area contributed by atoms with Gasteiger partial charge in [0.25, 0.3) is 0 Å². The van der Waals surface area contributed by atoms with E-state index in [9.17, 15) is 0 Å². The van der Waals surface area contributed by atoms with E-state index in [1.807, 2.05) is 0 Å². The molecule has 0 bridgehead atoms. The zero-order valence-corrected chi connectivity index (χ0v) is 22.7. The first kappa shape index (κ1) is 27.1. The van der Waals surface area contributed by atoms with Gasteiger partial charge in [-0.05, 0) is 97.3 Å². The van der Waals surface area contributed by atoms with Gasteiger partial charge in [-0.25, -0.2) is 0 Å². The lowest BCUT2D eigenvalue weighted by Gasteiger charge is -2.27. The maximum absolute atomic E-state index is 3.01. The van der Waals surface area contributed by atoms with Crippen LogP contribution in [0.4, 0.5) is 0 Å². The van der Waals surface area contributed by atoms with Crippen molar-refractivity contribution in [3.05, 3.63) is 69.8 Å². The molecule has 0 spiro atoms. The average molecular weight is 453 g/mol. The molecule has 0 aliphatic rings. The van der Waals surface area contributed by atoms with E-state index in [0.717, 1.165) is 6.16 Å². The molecule has 0 N–H and O–H groups in total. The van der Waals surface area contributed by atoms with Gasteiger partial charge < -0.3 is 0 Å². The number of hydrogen-bond donors (Lipinski definition) is 0. The summed E-state index contributed by atoms with van der Waals surface area (Å²) in [6.45, 7) is 9.28. The lowest BCUT2D eigenvalue weighted by Crippen LogP contribution is -2.12. The zero-order chi connectivity index (χ0) is 23.2. The second-order valence-electron chi connectivity index (χ2n) is 9.51. The van der Waals surface area contributed by atoms with Crippen LogP contribution in [0, 0.1) is 0 Å². The molecule has 0 fully saturated rings. The van der Waals surface area contributed by atoms with E-state index in [0.29, 0.717) is 5.92 Å². The van der Waals surface area contributed by atoms with Crippen molar-refractivity contribution in [1.82, 2.24) is 0 Å². The summed E-state index contributed by atoms with van der Waals surface area (Å²) in [5, 5.41) is 0. The minimum absolute atomic E-state index is 0.523. The van der Waals surface area contributed by atoms with Crippen LogP contribution >= 0.6 is 9.24 Å². The fourth-order valence-electron chi connectivity index (χ4n) is 5.13. The van der Waals surface area contributed by atoms with Crippen LogP contribution in [0.5, 0.6) is 0 Å². The molecule has 0 saturated carbocycles. The zero-order valence-electron chi connectivity index (χ0n) is 21.5. The third-order valence-corrected chi connectivity index (χ3v) is 7.32. The van der Waals surface area contributed by atoms with E-state index in [2.05, 4.69) is 73.3 Å². The van der Waals surface area contributed by atoms with Gasteiger partial charge in [0.1, 0.15) is 0 Å². The van der Waals surface area contributed by atoms with Gasteiger partial charge in [0.2, 0.25) is 0 Å². The summed E-state index contributed by atoms with van der Waals surface area (Å²) < 4.78 is 0. The fraction of sp³-hybridized carbons (Fsp3) is 0.613. The van der Waals surface area contributed by atoms with Crippen molar-refractivity contribution in [3.8, 4) is 0 Å². The van der Waals surface area contributed by atoms with Crippen molar-refractivity contribution < 1.29 is 0 Å². The topological polar surface area (TPSA) is 0 Å². The van der Waals surface area contributed by atoms with Gasteiger partial charge >= 0.3 is 0 Å². The van der Waals surface area contributed by atoms with Gasteiger partial charge in [-0.15, -0.1) is 9.24 Å². The molecule has 0 aliphatic heterocycles. The summed E-state index contributed by atoms with van der Waals surface area (Å²) in [6.07, 6.45) is 17.6. The molecule has 0 nitrogen and oxygen atoms in total. The Labute approximate surface area is 202 Å². The van der Waals surface area contributed by atoms with Crippen LogP contribution in [-0.2, 0) is 25.7 Å². The lowest BCUT2D eigenvalue weighted by molar-refractivity contribution is 0.703. The van der Waals surface area contributed by atoms with Crippen LogP contribution in [0.15, 0.2) is 36.4 Å². The van der Waals surface area contributed by atoms with Crippen LogP contribution in [-0.4, -0.2) is 6.16 Å². The number of unbranched alkanes of at least 4 members (excludes halogenated alkanes) is 4. The predicted molar refractivity (Wildman–Crippen MR) is 148 cm³/mol. The van der Waals surface area contributed by atoms with Crippen molar-refractivity contribution in [2.24, 2.45) is 0 Å². The van der Waals surface area contributed by atoms with Gasteiger partial charge in [-0.2, -0.15) is 0 Å².